The molecule has 1 N–H and O–H groups in total. The molecule has 110 valence electrons. The fourth-order valence-electron chi connectivity index (χ4n) is 2.78. The minimum Gasteiger partial charge on any atom is -0.481 e. The molecule has 2 heterocycles. The Labute approximate surface area is 129 Å². The van der Waals surface area contributed by atoms with Crippen molar-refractivity contribution >= 4 is 38.5 Å². The maximum Gasteiger partial charge on any atom is 0.311 e. The molecule has 6 heteroatoms. The quantitative estimate of drug-likeness (QED) is 0.899. The van der Waals surface area contributed by atoms with Gasteiger partial charge in [-0.15, -0.1) is 0 Å². The number of benzene rings is 1. The Bertz CT molecular complexity index is 737. The zero-order valence-corrected chi connectivity index (χ0v) is 13.0. The van der Waals surface area contributed by atoms with E-state index in [2.05, 4.69) is 20.9 Å². The monoisotopic (exact) mass is 352 g/mol. The van der Waals surface area contributed by atoms with E-state index in [9.17, 15) is 14.3 Å². The number of anilines is 1. The predicted octanol–water partition coefficient (Wildman–Crippen LogP) is 3.44. The first kappa shape index (κ1) is 14.3. The molecular weight excluding hydrogens is 339 g/mol. The lowest BCUT2D eigenvalue weighted by molar-refractivity contribution is -0.146. The van der Waals surface area contributed by atoms with Crippen molar-refractivity contribution in [3.05, 3.63) is 34.7 Å². The molecule has 1 aromatic carbocycles. The third-order valence-corrected chi connectivity index (χ3v) is 4.74. The Morgan fingerprint density at radius 3 is 2.90 bits per heavy atom. The second-order valence-corrected chi connectivity index (χ2v) is 6.47. The molecule has 0 radical (unpaired) electrons. The van der Waals surface area contributed by atoms with Gasteiger partial charge in [0.15, 0.2) is 0 Å². The van der Waals surface area contributed by atoms with Gasteiger partial charge in [0.1, 0.15) is 5.82 Å². The van der Waals surface area contributed by atoms with Gasteiger partial charge in [-0.2, -0.15) is 0 Å². The molecule has 4 nitrogen and oxygen atoms in total. The molecular formula is C15H14BrFN2O2. The Balaban J connectivity index is 2.11. The number of carboxylic acid groups (broad SMARTS) is 1. The number of carboxylic acids is 1. The van der Waals surface area contributed by atoms with Crippen LogP contribution in [-0.2, 0) is 4.79 Å². The second-order valence-electron chi connectivity index (χ2n) is 5.62. The zero-order valence-electron chi connectivity index (χ0n) is 11.4. The summed E-state index contributed by atoms with van der Waals surface area (Å²) in [5, 5.41) is 9.76. The molecule has 0 bridgehead atoms. The highest BCUT2D eigenvalue weighted by Crippen LogP contribution is 2.38. The van der Waals surface area contributed by atoms with Crippen molar-refractivity contribution in [1.29, 1.82) is 0 Å². The van der Waals surface area contributed by atoms with Gasteiger partial charge in [0, 0.05) is 23.8 Å². The maximum absolute atomic E-state index is 14.2. The number of halogens is 2. The Hall–Kier alpha value is -1.69. The van der Waals surface area contributed by atoms with E-state index in [0.29, 0.717) is 36.1 Å². The van der Waals surface area contributed by atoms with E-state index in [0.717, 1.165) is 4.47 Å². The van der Waals surface area contributed by atoms with Crippen LogP contribution in [0.15, 0.2) is 28.9 Å². The number of fused-ring (bicyclic) bond motifs is 1. The summed E-state index contributed by atoms with van der Waals surface area (Å²) in [6, 6.07) is 4.76. The molecule has 0 spiro atoms. The Morgan fingerprint density at radius 1 is 1.48 bits per heavy atom. The molecule has 1 atom stereocenters. The van der Waals surface area contributed by atoms with Crippen LogP contribution in [0.3, 0.4) is 0 Å². The number of nitrogens with zero attached hydrogens (tertiary/aromatic N) is 2. The molecule has 1 saturated heterocycles. The zero-order chi connectivity index (χ0) is 15.2. The third kappa shape index (κ3) is 2.27. The number of hydrogen-bond donors (Lipinski definition) is 1. The van der Waals surface area contributed by atoms with Crippen LogP contribution in [-0.4, -0.2) is 29.1 Å². The van der Waals surface area contributed by atoms with E-state index in [-0.39, 0.29) is 5.82 Å². The van der Waals surface area contributed by atoms with Crippen LogP contribution < -0.4 is 4.90 Å². The van der Waals surface area contributed by atoms with E-state index in [4.69, 9.17) is 0 Å². The number of aliphatic carboxylic acids is 1. The smallest absolute Gasteiger partial charge is 0.311 e. The standard InChI is InChI=1S/C15H14BrFN2O2/c1-15(14(20)21)5-7-19(8-15)11-4-6-18-13-9(16)2-3-10(17)12(11)13/h2-4,6H,5,7-8H2,1H3,(H,20,21). The van der Waals surface area contributed by atoms with E-state index < -0.39 is 11.4 Å². The van der Waals surface area contributed by atoms with Crippen molar-refractivity contribution < 1.29 is 14.3 Å². The molecule has 1 aliphatic heterocycles. The van der Waals surface area contributed by atoms with Gasteiger partial charge in [-0.25, -0.2) is 4.39 Å². The van der Waals surface area contributed by atoms with Gasteiger partial charge < -0.3 is 10.0 Å². The van der Waals surface area contributed by atoms with Gasteiger partial charge in [0.25, 0.3) is 0 Å². The largest absolute Gasteiger partial charge is 0.481 e. The SMILES string of the molecule is CC1(C(=O)O)CCN(c2ccnc3c(Br)ccc(F)c23)C1. The van der Waals surface area contributed by atoms with E-state index in [1.807, 2.05) is 4.90 Å². The number of pyridine rings is 1. The van der Waals surface area contributed by atoms with Crippen molar-refractivity contribution in [3.8, 4) is 0 Å². The van der Waals surface area contributed by atoms with Crippen LogP contribution in [0, 0.1) is 11.2 Å². The molecule has 0 aliphatic carbocycles. The van der Waals surface area contributed by atoms with Crippen LogP contribution in [0.1, 0.15) is 13.3 Å². The molecule has 1 fully saturated rings. The highest BCUT2D eigenvalue weighted by molar-refractivity contribution is 9.10. The fourth-order valence-corrected chi connectivity index (χ4v) is 3.21. The summed E-state index contributed by atoms with van der Waals surface area (Å²) in [4.78, 5) is 17.5. The first-order valence-corrected chi connectivity index (χ1v) is 7.43. The first-order valence-electron chi connectivity index (χ1n) is 6.63. The first-order chi connectivity index (χ1) is 9.92. The van der Waals surface area contributed by atoms with Crippen molar-refractivity contribution in [2.45, 2.75) is 13.3 Å². The minimum absolute atomic E-state index is 0.347. The van der Waals surface area contributed by atoms with Crippen LogP contribution >= 0.6 is 15.9 Å². The molecule has 1 aliphatic rings. The fraction of sp³-hybridized carbons (Fsp3) is 0.333. The summed E-state index contributed by atoms with van der Waals surface area (Å²) >= 11 is 3.38. The van der Waals surface area contributed by atoms with Crippen LogP contribution in [0.25, 0.3) is 10.9 Å². The second kappa shape index (κ2) is 4.94. The topological polar surface area (TPSA) is 53.4 Å². The Morgan fingerprint density at radius 2 is 2.24 bits per heavy atom. The minimum atomic E-state index is -0.815. The maximum atomic E-state index is 14.2. The van der Waals surface area contributed by atoms with Gasteiger partial charge in [-0.05, 0) is 47.5 Å². The molecule has 0 saturated carbocycles. The Kier molecular flexibility index (Phi) is 3.36. The molecule has 1 aromatic heterocycles. The highest BCUT2D eigenvalue weighted by atomic mass is 79.9. The summed E-state index contributed by atoms with van der Waals surface area (Å²) in [5.74, 6) is -1.16. The highest BCUT2D eigenvalue weighted by Gasteiger charge is 2.41. The number of aromatic nitrogens is 1. The normalized spacial score (nSPS) is 22.0. The molecule has 0 amide bonds. The summed E-state index contributed by atoms with van der Waals surface area (Å²) in [7, 11) is 0. The van der Waals surface area contributed by atoms with Gasteiger partial charge in [0.05, 0.1) is 22.0 Å². The van der Waals surface area contributed by atoms with Crippen molar-refractivity contribution in [2.24, 2.45) is 5.41 Å². The predicted molar refractivity (Wildman–Crippen MR) is 82.0 cm³/mol. The van der Waals surface area contributed by atoms with Gasteiger partial charge in [-0.3, -0.25) is 9.78 Å². The van der Waals surface area contributed by atoms with E-state index in [1.54, 1.807) is 25.3 Å². The van der Waals surface area contributed by atoms with Gasteiger partial charge in [-0.1, -0.05) is 0 Å². The lowest BCUT2D eigenvalue weighted by Gasteiger charge is -2.23. The third-order valence-electron chi connectivity index (χ3n) is 4.10. The number of hydrogen-bond acceptors (Lipinski definition) is 3. The number of carbonyl (C=O) groups is 1. The lowest BCUT2D eigenvalue weighted by Crippen LogP contribution is -2.31. The average Bonchev–Trinajstić information content (AvgIpc) is 2.86. The molecule has 3 rings (SSSR count). The van der Waals surface area contributed by atoms with Crippen LogP contribution in [0.2, 0.25) is 0 Å². The summed E-state index contributed by atoms with van der Waals surface area (Å²) in [5.41, 5.74) is 0.457. The summed E-state index contributed by atoms with van der Waals surface area (Å²) < 4.78 is 15.0. The van der Waals surface area contributed by atoms with Crippen molar-refractivity contribution in [1.82, 2.24) is 4.98 Å². The van der Waals surface area contributed by atoms with Crippen molar-refractivity contribution in [2.75, 3.05) is 18.0 Å². The van der Waals surface area contributed by atoms with E-state index >= 15 is 0 Å². The van der Waals surface area contributed by atoms with Crippen LogP contribution in [0.5, 0.6) is 0 Å². The molecule has 2 aromatic rings. The molecule has 1 unspecified atom stereocenters. The van der Waals surface area contributed by atoms with Gasteiger partial charge in [0.2, 0.25) is 0 Å². The summed E-state index contributed by atoms with van der Waals surface area (Å²) in [6.07, 6.45) is 2.17. The summed E-state index contributed by atoms with van der Waals surface area (Å²) in [6.45, 7) is 2.69. The van der Waals surface area contributed by atoms with Crippen LogP contribution in [0.4, 0.5) is 10.1 Å². The molecule has 21 heavy (non-hydrogen) atoms. The van der Waals surface area contributed by atoms with Gasteiger partial charge >= 0.3 is 5.97 Å². The van der Waals surface area contributed by atoms with E-state index in [1.165, 1.54) is 6.07 Å². The number of rotatable bonds is 2. The van der Waals surface area contributed by atoms with Crippen molar-refractivity contribution in [3.63, 3.8) is 0 Å². The lowest BCUT2D eigenvalue weighted by atomic mass is 9.90. The average molecular weight is 353 g/mol.